The molecule has 0 unspecified atom stereocenters. The summed E-state index contributed by atoms with van der Waals surface area (Å²) in [6.45, 7) is 4.32. The van der Waals surface area contributed by atoms with Gasteiger partial charge in [0, 0.05) is 19.2 Å². The summed E-state index contributed by atoms with van der Waals surface area (Å²) in [6, 6.07) is 7.79. The number of anilines is 1. The predicted octanol–water partition coefficient (Wildman–Crippen LogP) is 3.93. The van der Waals surface area contributed by atoms with E-state index in [4.69, 9.17) is 0 Å². The largest absolute Gasteiger partial charge is 0.333 e. The topological polar surface area (TPSA) is 49.4 Å². The third kappa shape index (κ3) is 5.52. The lowest BCUT2D eigenvalue weighted by molar-refractivity contribution is -0.132. The molecule has 0 atom stereocenters. The Labute approximate surface area is 144 Å². The number of para-hydroxylation sites is 1. The van der Waals surface area contributed by atoms with Gasteiger partial charge >= 0.3 is 0 Å². The van der Waals surface area contributed by atoms with Crippen LogP contribution in [0, 0.1) is 0 Å². The summed E-state index contributed by atoms with van der Waals surface area (Å²) in [5, 5.41) is 2.94. The van der Waals surface area contributed by atoms with Crippen molar-refractivity contribution in [1.29, 1.82) is 0 Å². The Balaban J connectivity index is 1.90. The summed E-state index contributed by atoms with van der Waals surface area (Å²) in [7, 11) is 0. The maximum atomic E-state index is 12.3. The number of carbonyl (C=O) groups excluding carboxylic acids is 2. The van der Waals surface area contributed by atoms with Crippen molar-refractivity contribution in [1.82, 2.24) is 4.90 Å². The summed E-state index contributed by atoms with van der Waals surface area (Å²) in [4.78, 5) is 25.8. The van der Waals surface area contributed by atoms with Crippen LogP contribution in [0.3, 0.4) is 0 Å². The van der Waals surface area contributed by atoms with Gasteiger partial charge in [-0.2, -0.15) is 0 Å². The SMILES string of the molecule is CCc1ccccc1NC(=O)CN(CCC1=CCCCC1)C(C)=O. The zero-order chi connectivity index (χ0) is 17.4. The first-order valence-corrected chi connectivity index (χ1v) is 8.91. The Kier molecular flexibility index (Phi) is 7.04. The van der Waals surface area contributed by atoms with Crippen molar-refractivity contribution in [3.8, 4) is 0 Å². The number of benzene rings is 1. The number of nitrogens with zero attached hydrogens (tertiary/aromatic N) is 1. The van der Waals surface area contributed by atoms with Crippen molar-refractivity contribution in [2.45, 2.75) is 52.4 Å². The highest BCUT2D eigenvalue weighted by atomic mass is 16.2. The number of aryl methyl sites for hydroxylation is 1. The van der Waals surface area contributed by atoms with Gasteiger partial charge < -0.3 is 10.2 Å². The lowest BCUT2D eigenvalue weighted by atomic mass is 9.97. The highest BCUT2D eigenvalue weighted by molar-refractivity contribution is 5.94. The third-order valence-electron chi connectivity index (χ3n) is 4.54. The summed E-state index contributed by atoms with van der Waals surface area (Å²) in [5.74, 6) is -0.186. The molecule has 0 saturated heterocycles. The van der Waals surface area contributed by atoms with Crippen LogP contribution in [0.5, 0.6) is 0 Å². The molecule has 2 amide bonds. The molecule has 0 aromatic heterocycles. The number of hydrogen-bond donors (Lipinski definition) is 1. The van der Waals surface area contributed by atoms with Gasteiger partial charge in [0.2, 0.25) is 11.8 Å². The number of hydrogen-bond acceptors (Lipinski definition) is 2. The number of nitrogens with one attached hydrogen (secondary N) is 1. The Hall–Kier alpha value is -2.10. The molecule has 4 nitrogen and oxygen atoms in total. The van der Waals surface area contributed by atoms with Crippen molar-refractivity contribution in [2.24, 2.45) is 0 Å². The van der Waals surface area contributed by atoms with E-state index in [1.54, 1.807) is 4.90 Å². The fraction of sp³-hybridized carbons (Fsp3) is 0.500. The van der Waals surface area contributed by atoms with Gasteiger partial charge in [0.1, 0.15) is 0 Å². The van der Waals surface area contributed by atoms with E-state index >= 15 is 0 Å². The average Bonchev–Trinajstić information content (AvgIpc) is 2.59. The van der Waals surface area contributed by atoms with Gasteiger partial charge in [0.15, 0.2) is 0 Å². The average molecular weight is 328 g/mol. The van der Waals surface area contributed by atoms with Crippen molar-refractivity contribution < 1.29 is 9.59 Å². The Morgan fingerprint density at radius 2 is 2.00 bits per heavy atom. The van der Waals surface area contributed by atoms with Crippen molar-refractivity contribution in [2.75, 3.05) is 18.4 Å². The van der Waals surface area contributed by atoms with E-state index in [9.17, 15) is 9.59 Å². The molecule has 1 N–H and O–H groups in total. The number of amides is 2. The van der Waals surface area contributed by atoms with Crippen LogP contribution in [0.15, 0.2) is 35.9 Å². The highest BCUT2D eigenvalue weighted by Crippen LogP contribution is 2.20. The molecule has 0 aliphatic heterocycles. The fourth-order valence-electron chi connectivity index (χ4n) is 3.07. The van der Waals surface area contributed by atoms with Gasteiger partial charge in [0.25, 0.3) is 0 Å². The first-order valence-electron chi connectivity index (χ1n) is 8.91. The zero-order valence-corrected chi connectivity index (χ0v) is 14.8. The standard InChI is InChI=1S/C20H28N2O2/c1-3-18-11-7-8-12-19(18)21-20(24)15-22(16(2)23)14-13-17-9-5-4-6-10-17/h7-9,11-12H,3-6,10,13-15H2,1-2H3,(H,21,24). The minimum absolute atomic E-state index is 0.0506. The second kappa shape index (κ2) is 9.26. The first-order chi connectivity index (χ1) is 11.6. The Morgan fingerprint density at radius 1 is 1.21 bits per heavy atom. The zero-order valence-electron chi connectivity index (χ0n) is 14.8. The normalized spacial score (nSPS) is 14.0. The van der Waals surface area contributed by atoms with Crippen LogP contribution in [0.1, 0.15) is 51.5 Å². The van der Waals surface area contributed by atoms with Crippen LogP contribution >= 0.6 is 0 Å². The molecular formula is C20H28N2O2. The molecule has 1 aromatic carbocycles. The lowest BCUT2D eigenvalue weighted by Gasteiger charge is -2.22. The molecule has 0 fully saturated rings. The third-order valence-corrected chi connectivity index (χ3v) is 4.54. The maximum absolute atomic E-state index is 12.3. The molecule has 130 valence electrons. The molecule has 24 heavy (non-hydrogen) atoms. The van der Waals surface area contributed by atoms with E-state index in [2.05, 4.69) is 18.3 Å². The van der Waals surface area contributed by atoms with E-state index in [1.807, 2.05) is 24.3 Å². The Bertz CT molecular complexity index is 607. The molecule has 0 radical (unpaired) electrons. The smallest absolute Gasteiger partial charge is 0.244 e. The number of carbonyl (C=O) groups is 2. The van der Waals surface area contributed by atoms with Crippen LogP contribution in [-0.2, 0) is 16.0 Å². The summed E-state index contributed by atoms with van der Waals surface area (Å²) in [5.41, 5.74) is 3.36. The lowest BCUT2D eigenvalue weighted by Crippen LogP contribution is -2.37. The fourth-order valence-corrected chi connectivity index (χ4v) is 3.07. The molecule has 0 bridgehead atoms. The van der Waals surface area contributed by atoms with Gasteiger partial charge in [-0.05, 0) is 50.2 Å². The number of rotatable bonds is 7. The first kappa shape index (κ1) is 18.2. The van der Waals surface area contributed by atoms with E-state index in [0.717, 1.165) is 36.9 Å². The van der Waals surface area contributed by atoms with Gasteiger partial charge in [0.05, 0.1) is 6.54 Å². The number of allylic oxidation sites excluding steroid dienone is 1. The van der Waals surface area contributed by atoms with Crippen molar-refractivity contribution >= 4 is 17.5 Å². The van der Waals surface area contributed by atoms with E-state index in [-0.39, 0.29) is 18.4 Å². The van der Waals surface area contributed by atoms with Gasteiger partial charge in [-0.3, -0.25) is 9.59 Å². The van der Waals surface area contributed by atoms with Crippen molar-refractivity contribution in [3.05, 3.63) is 41.5 Å². The van der Waals surface area contributed by atoms with Crippen LogP contribution in [-0.4, -0.2) is 29.8 Å². The van der Waals surface area contributed by atoms with Crippen molar-refractivity contribution in [3.63, 3.8) is 0 Å². The van der Waals surface area contributed by atoms with E-state index in [1.165, 1.54) is 25.3 Å². The monoisotopic (exact) mass is 328 g/mol. The van der Waals surface area contributed by atoms with E-state index < -0.39 is 0 Å². The van der Waals surface area contributed by atoms with Crippen LogP contribution < -0.4 is 5.32 Å². The molecule has 1 aliphatic carbocycles. The second-order valence-corrected chi connectivity index (χ2v) is 6.36. The summed E-state index contributed by atoms with van der Waals surface area (Å²) >= 11 is 0. The Morgan fingerprint density at radius 3 is 2.67 bits per heavy atom. The van der Waals surface area contributed by atoms with Crippen LogP contribution in [0.4, 0.5) is 5.69 Å². The molecule has 4 heteroatoms. The molecule has 2 rings (SSSR count). The highest BCUT2D eigenvalue weighted by Gasteiger charge is 2.15. The maximum Gasteiger partial charge on any atom is 0.244 e. The second-order valence-electron chi connectivity index (χ2n) is 6.36. The summed E-state index contributed by atoms with van der Waals surface area (Å²) in [6.07, 6.45) is 8.80. The molecule has 1 aromatic rings. The molecule has 1 aliphatic rings. The molecule has 0 heterocycles. The van der Waals surface area contributed by atoms with E-state index in [0.29, 0.717) is 6.54 Å². The molecule has 0 spiro atoms. The molecular weight excluding hydrogens is 300 g/mol. The predicted molar refractivity (Wildman–Crippen MR) is 97.9 cm³/mol. The quantitative estimate of drug-likeness (QED) is 0.771. The van der Waals surface area contributed by atoms with Gasteiger partial charge in [-0.1, -0.05) is 36.8 Å². The molecule has 0 saturated carbocycles. The minimum atomic E-state index is -0.135. The van der Waals surface area contributed by atoms with Crippen LogP contribution in [0.25, 0.3) is 0 Å². The van der Waals surface area contributed by atoms with Crippen LogP contribution in [0.2, 0.25) is 0 Å². The minimum Gasteiger partial charge on any atom is -0.333 e. The van der Waals surface area contributed by atoms with Gasteiger partial charge in [-0.15, -0.1) is 0 Å². The summed E-state index contributed by atoms with van der Waals surface area (Å²) < 4.78 is 0. The van der Waals surface area contributed by atoms with Gasteiger partial charge in [-0.25, -0.2) is 0 Å².